The number of aromatic amines is 1. The molecule has 0 radical (unpaired) electrons. The minimum atomic E-state index is -3.79. The van der Waals surface area contributed by atoms with Gasteiger partial charge in [-0.2, -0.15) is 0 Å². The molecule has 17 heteroatoms. The Hall–Kier alpha value is -4.81. The predicted octanol–water partition coefficient (Wildman–Crippen LogP) is 4.74. The second-order valence-electron chi connectivity index (χ2n) is 15.1. The highest BCUT2D eigenvalue weighted by molar-refractivity contribution is 7.90. The number of nitrogens with one attached hydrogen (secondary N) is 1. The fourth-order valence-corrected chi connectivity index (χ4v) is 10.3. The summed E-state index contributed by atoms with van der Waals surface area (Å²) < 4.78 is 55.5. The van der Waals surface area contributed by atoms with E-state index in [4.69, 9.17) is 18.9 Å². The molecule has 11 rings (SSSR count). The van der Waals surface area contributed by atoms with Gasteiger partial charge in [0.25, 0.3) is 10.0 Å². The Morgan fingerprint density at radius 1 is 0.704 bits per heavy atom. The number of benzene rings is 1. The van der Waals surface area contributed by atoms with E-state index in [-0.39, 0.29) is 22.6 Å². The number of rotatable bonds is 4. The molecule has 2 saturated carbocycles. The highest BCUT2D eigenvalue weighted by atomic mass is 32.2. The maximum atomic E-state index is 13.3. The van der Waals surface area contributed by atoms with Crippen molar-refractivity contribution in [2.75, 3.05) is 26.4 Å². The molecule has 16 nitrogen and oxygen atoms in total. The zero-order chi connectivity index (χ0) is 36.8. The van der Waals surface area contributed by atoms with E-state index < -0.39 is 21.6 Å². The fourth-order valence-electron chi connectivity index (χ4n) is 9.01. The van der Waals surface area contributed by atoms with Crippen LogP contribution in [0.1, 0.15) is 68.6 Å². The van der Waals surface area contributed by atoms with Gasteiger partial charge >= 0.3 is 0 Å². The van der Waals surface area contributed by atoms with Gasteiger partial charge in [0.15, 0.2) is 34.2 Å². The first-order chi connectivity index (χ1) is 26.1. The number of aromatic nitrogens is 10. The van der Waals surface area contributed by atoms with Crippen molar-refractivity contribution in [3.05, 3.63) is 78.4 Å². The zero-order valence-electron chi connectivity index (χ0n) is 30.1. The Balaban J connectivity index is 0.000000143. The van der Waals surface area contributed by atoms with E-state index in [2.05, 4.69) is 53.6 Å². The van der Waals surface area contributed by atoms with Gasteiger partial charge in [0.1, 0.15) is 11.6 Å². The summed E-state index contributed by atoms with van der Waals surface area (Å²) in [5.41, 5.74) is 5.21. The fraction of sp³-hybridized carbons (Fsp3) is 0.459. The molecule has 0 amide bonds. The van der Waals surface area contributed by atoms with Gasteiger partial charge in [0, 0.05) is 49.9 Å². The number of hydrogen-bond donors (Lipinski definition) is 1. The number of hydrogen-bond acceptors (Lipinski definition) is 12. The van der Waals surface area contributed by atoms with Crippen LogP contribution in [0.3, 0.4) is 0 Å². The van der Waals surface area contributed by atoms with E-state index in [1.54, 1.807) is 48.9 Å². The van der Waals surface area contributed by atoms with Gasteiger partial charge in [-0.1, -0.05) is 31.5 Å². The lowest BCUT2D eigenvalue weighted by atomic mass is 9.97. The SMILES string of the molecule is CC1CC2(CC1c1nnc3cnc4[nH]ccc4n13)OCCO2.Cc1ccc(S(=O)(=O)n2ccc3c2ncc2nnc(C4CC5(CC4C)OCCO5)n23)cc1. The molecule has 54 heavy (non-hydrogen) atoms. The molecule has 2 spiro atoms. The predicted molar refractivity (Wildman–Crippen MR) is 194 cm³/mol. The summed E-state index contributed by atoms with van der Waals surface area (Å²) in [6.07, 6.45) is 10.00. The molecule has 2 aliphatic heterocycles. The Kier molecular flexibility index (Phi) is 7.72. The molecule has 4 aliphatic rings. The molecular formula is C37H40N10O6S. The van der Waals surface area contributed by atoms with Crippen LogP contribution in [0.5, 0.6) is 0 Å². The van der Waals surface area contributed by atoms with Crippen molar-refractivity contribution in [2.45, 2.75) is 74.8 Å². The molecular weight excluding hydrogens is 713 g/mol. The number of aryl methyl sites for hydroxylation is 1. The average Bonchev–Trinajstić information content (AvgIpc) is 4.01. The van der Waals surface area contributed by atoms with E-state index >= 15 is 0 Å². The lowest BCUT2D eigenvalue weighted by Gasteiger charge is -2.21. The summed E-state index contributed by atoms with van der Waals surface area (Å²) in [6.45, 7) is 8.90. The molecule has 1 aromatic carbocycles. The van der Waals surface area contributed by atoms with Gasteiger partial charge in [-0.3, -0.25) is 8.80 Å². The molecule has 4 unspecified atom stereocenters. The van der Waals surface area contributed by atoms with E-state index in [1.165, 1.54) is 3.97 Å². The summed E-state index contributed by atoms with van der Waals surface area (Å²) in [7, 11) is -3.79. The van der Waals surface area contributed by atoms with Gasteiger partial charge < -0.3 is 23.9 Å². The van der Waals surface area contributed by atoms with Gasteiger partial charge in [0.05, 0.1) is 54.8 Å². The number of ether oxygens (including phenoxy) is 4. The minimum Gasteiger partial charge on any atom is -0.348 e. The Bertz CT molecular complexity index is 2640. The summed E-state index contributed by atoms with van der Waals surface area (Å²) >= 11 is 0. The summed E-state index contributed by atoms with van der Waals surface area (Å²) in [6, 6.07) is 10.6. The van der Waals surface area contributed by atoms with Crippen LogP contribution < -0.4 is 0 Å². The highest BCUT2D eigenvalue weighted by Crippen LogP contribution is 2.50. The standard InChI is InChI=1S/C22H23N5O4S.C15H17N5O2/c1-14-3-5-16(6-4-14)32(28,29)26-8-7-18-21(26)23-13-19-24-25-20(27(18)19)17-12-22(11-15(17)2)30-9-10-31-22;1-9-6-15(21-4-5-22-15)7-10(9)14-19-18-12-8-17-13-11(20(12)14)2-3-16-13/h3-8,13,15,17H,9-12H2,1-2H3;2-3,8-10,16H,4-7H2,1H3. The Labute approximate surface area is 309 Å². The van der Waals surface area contributed by atoms with Crippen molar-refractivity contribution in [3.63, 3.8) is 0 Å². The quantitative estimate of drug-likeness (QED) is 0.262. The topological polar surface area (TPSA) is 178 Å². The van der Waals surface area contributed by atoms with Crippen molar-refractivity contribution < 1.29 is 27.4 Å². The van der Waals surface area contributed by atoms with Gasteiger partial charge in [0.2, 0.25) is 0 Å². The second-order valence-corrected chi connectivity index (χ2v) is 16.9. The largest absolute Gasteiger partial charge is 0.348 e. The lowest BCUT2D eigenvalue weighted by Crippen LogP contribution is -2.26. The van der Waals surface area contributed by atoms with Crippen molar-refractivity contribution >= 4 is 43.6 Å². The van der Waals surface area contributed by atoms with Crippen LogP contribution in [-0.2, 0) is 29.0 Å². The van der Waals surface area contributed by atoms with Crippen LogP contribution in [0.15, 0.2) is 66.1 Å². The first-order valence-corrected chi connectivity index (χ1v) is 19.8. The molecule has 2 saturated heterocycles. The molecule has 0 bridgehead atoms. The van der Waals surface area contributed by atoms with Crippen LogP contribution in [-0.4, -0.2) is 94.5 Å². The maximum Gasteiger partial charge on any atom is 0.269 e. The van der Waals surface area contributed by atoms with Crippen LogP contribution in [0, 0.1) is 18.8 Å². The van der Waals surface area contributed by atoms with E-state index in [1.807, 2.05) is 23.6 Å². The molecule has 7 aromatic rings. The van der Waals surface area contributed by atoms with E-state index in [0.29, 0.717) is 55.6 Å². The van der Waals surface area contributed by atoms with Gasteiger partial charge in [-0.25, -0.2) is 22.4 Å². The normalized spacial score (nSPS) is 24.9. The van der Waals surface area contributed by atoms with Crippen molar-refractivity contribution in [2.24, 2.45) is 11.8 Å². The lowest BCUT2D eigenvalue weighted by molar-refractivity contribution is -0.153. The monoisotopic (exact) mass is 752 g/mol. The minimum absolute atomic E-state index is 0.0748. The van der Waals surface area contributed by atoms with Crippen LogP contribution >= 0.6 is 0 Å². The third-order valence-corrected chi connectivity index (χ3v) is 13.3. The number of H-pyrrole nitrogens is 1. The van der Waals surface area contributed by atoms with E-state index in [0.717, 1.165) is 53.3 Å². The van der Waals surface area contributed by atoms with Crippen molar-refractivity contribution in [1.29, 1.82) is 0 Å². The van der Waals surface area contributed by atoms with Crippen LogP contribution in [0.2, 0.25) is 0 Å². The Morgan fingerprint density at radius 3 is 1.85 bits per heavy atom. The smallest absolute Gasteiger partial charge is 0.269 e. The summed E-state index contributed by atoms with van der Waals surface area (Å²) in [5.74, 6) is 1.85. The zero-order valence-corrected chi connectivity index (χ0v) is 30.9. The van der Waals surface area contributed by atoms with Gasteiger partial charge in [-0.05, 0) is 43.0 Å². The first kappa shape index (κ1) is 33.7. The molecule has 8 heterocycles. The van der Waals surface area contributed by atoms with Crippen molar-refractivity contribution in [3.8, 4) is 0 Å². The van der Waals surface area contributed by atoms with Gasteiger partial charge in [-0.15, -0.1) is 20.4 Å². The highest BCUT2D eigenvalue weighted by Gasteiger charge is 2.51. The van der Waals surface area contributed by atoms with Crippen LogP contribution in [0.4, 0.5) is 0 Å². The summed E-state index contributed by atoms with van der Waals surface area (Å²) in [5, 5.41) is 17.5. The first-order valence-electron chi connectivity index (χ1n) is 18.4. The number of nitrogens with zero attached hydrogens (tertiary/aromatic N) is 9. The van der Waals surface area contributed by atoms with Crippen molar-refractivity contribution in [1.82, 2.24) is 48.1 Å². The Morgan fingerprint density at radius 2 is 1.26 bits per heavy atom. The third-order valence-electron chi connectivity index (χ3n) is 11.6. The van der Waals surface area contributed by atoms with Crippen LogP contribution in [0.25, 0.3) is 33.6 Å². The number of fused-ring (bicyclic) bond motifs is 6. The molecule has 6 aromatic heterocycles. The summed E-state index contributed by atoms with van der Waals surface area (Å²) in [4.78, 5) is 12.1. The molecule has 1 N–H and O–H groups in total. The molecule has 4 atom stereocenters. The third kappa shape index (κ3) is 5.27. The van der Waals surface area contributed by atoms with E-state index in [9.17, 15) is 8.42 Å². The molecule has 2 aliphatic carbocycles. The molecule has 4 fully saturated rings. The maximum absolute atomic E-state index is 13.3. The average molecular weight is 753 g/mol. The second kappa shape index (κ2) is 12.4. The molecule has 280 valence electrons.